The second-order valence-electron chi connectivity index (χ2n) is 3.37. The molecule has 0 aromatic carbocycles. The number of carbonyl (C=O) groups excluding carboxylic acids is 1. The largest absolute Gasteiger partial charge is 0.352 e. The molecule has 80 valence electrons. The van der Waals surface area contributed by atoms with Gasteiger partial charge in [-0.05, 0) is 20.3 Å². The maximum Gasteiger partial charge on any atom is 0.255 e. The minimum Gasteiger partial charge on any atom is -0.352 e. The van der Waals surface area contributed by atoms with Gasteiger partial charge in [-0.25, -0.2) is 0 Å². The normalized spacial score (nSPS) is 9.67. The summed E-state index contributed by atoms with van der Waals surface area (Å²) in [5, 5.41) is 9.55. The third kappa shape index (κ3) is 2.84. The van der Waals surface area contributed by atoms with Gasteiger partial charge in [0.25, 0.3) is 5.91 Å². The number of nitrogens with one attached hydrogen (secondary N) is 2. The Morgan fingerprint density at radius 3 is 2.87 bits per heavy atom. The highest BCUT2D eigenvalue weighted by Gasteiger charge is 2.13. The van der Waals surface area contributed by atoms with E-state index in [4.69, 9.17) is 6.42 Å². The summed E-state index contributed by atoms with van der Waals surface area (Å²) in [6.45, 7) is 4.24. The lowest BCUT2D eigenvalue weighted by Crippen LogP contribution is -2.25. The third-order valence-electron chi connectivity index (χ3n) is 2.14. The Morgan fingerprint density at radius 1 is 1.60 bits per heavy atom. The zero-order chi connectivity index (χ0) is 11.3. The summed E-state index contributed by atoms with van der Waals surface area (Å²) < 4.78 is 0. The molecule has 0 aliphatic rings. The van der Waals surface area contributed by atoms with E-state index in [-0.39, 0.29) is 5.91 Å². The summed E-state index contributed by atoms with van der Waals surface area (Å²) in [4.78, 5) is 11.7. The number of carbonyl (C=O) groups is 1. The van der Waals surface area contributed by atoms with Crippen LogP contribution in [0.5, 0.6) is 0 Å². The lowest BCUT2D eigenvalue weighted by molar-refractivity contribution is 0.0952. The summed E-state index contributed by atoms with van der Waals surface area (Å²) in [5.41, 5.74) is 2.15. The van der Waals surface area contributed by atoms with Gasteiger partial charge in [-0.2, -0.15) is 5.10 Å². The molecule has 0 spiro atoms. The molecule has 0 fully saturated rings. The lowest BCUT2D eigenvalue weighted by Gasteiger charge is -2.03. The van der Waals surface area contributed by atoms with Crippen molar-refractivity contribution in [1.29, 1.82) is 0 Å². The molecule has 2 N–H and O–H groups in total. The minimum atomic E-state index is -0.0872. The van der Waals surface area contributed by atoms with Gasteiger partial charge in [0.05, 0.1) is 11.3 Å². The molecule has 1 rings (SSSR count). The van der Waals surface area contributed by atoms with Crippen LogP contribution in [-0.2, 0) is 0 Å². The SMILES string of the molecule is C#CCCCNC(=O)c1c(C)n[nH]c1C. The van der Waals surface area contributed by atoms with Crippen LogP contribution in [0, 0.1) is 26.2 Å². The molecule has 1 aromatic rings. The molecular weight excluding hydrogens is 190 g/mol. The van der Waals surface area contributed by atoms with Crippen molar-refractivity contribution in [3.05, 3.63) is 17.0 Å². The number of H-pyrrole nitrogens is 1. The average molecular weight is 205 g/mol. The second kappa shape index (κ2) is 5.20. The Kier molecular flexibility index (Phi) is 3.92. The standard InChI is InChI=1S/C11H15N3O/c1-4-5-6-7-12-11(15)10-8(2)13-14-9(10)3/h1H,5-7H2,2-3H3,(H,12,15)(H,13,14). The molecule has 0 saturated heterocycles. The molecule has 0 unspecified atom stereocenters. The molecule has 1 heterocycles. The van der Waals surface area contributed by atoms with Crippen LogP contribution in [0.4, 0.5) is 0 Å². The van der Waals surface area contributed by atoms with Gasteiger partial charge in [0.15, 0.2) is 0 Å². The molecule has 0 atom stereocenters. The Morgan fingerprint density at radius 2 is 2.33 bits per heavy atom. The molecule has 0 radical (unpaired) electrons. The zero-order valence-corrected chi connectivity index (χ0v) is 9.05. The van der Waals surface area contributed by atoms with Gasteiger partial charge in [0.2, 0.25) is 0 Å². The van der Waals surface area contributed by atoms with Crippen molar-refractivity contribution >= 4 is 5.91 Å². The maximum absolute atomic E-state index is 11.7. The van der Waals surface area contributed by atoms with Gasteiger partial charge in [-0.15, -0.1) is 12.3 Å². The van der Waals surface area contributed by atoms with E-state index in [2.05, 4.69) is 21.4 Å². The van der Waals surface area contributed by atoms with E-state index in [1.807, 2.05) is 6.92 Å². The molecular formula is C11H15N3O. The second-order valence-corrected chi connectivity index (χ2v) is 3.37. The van der Waals surface area contributed by atoms with Crippen LogP contribution in [0.2, 0.25) is 0 Å². The van der Waals surface area contributed by atoms with E-state index >= 15 is 0 Å². The van der Waals surface area contributed by atoms with Crippen LogP contribution in [0.25, 0.3) is 0 Å². The minimum absolute atomic E-state index is 0.0872. The van der Waals surface area contributed by atoms with E-state index in [9.17, 15) is 4.79 Å². The quantitative estimate of drug-likeness (QED) is 0.572. The van der Waals surface area contributed by atoms with Crippen LogP contribution in [0.3, 0.4) is 0 Å². The smallest absolute Gasteiger partial charge is 0.255 e. The lowest BCUT2D eigenvalue weighted by atomic mass is 10.2. The van der Waals surface area contributed by atoms with E-state index < -0.39 is 0 Å². The Balaban J connectivity index is 2.51. The number of amides is 1. The molecule has 15 heavy (non-hydrogen) atoms. The number of unbranched alkanes of at least 4 members (excludes halogenated alkanes) is 1. The van der Waals surface area contributed by atoms with Gasteiger partial charge >= 0.3 is 0 Å². The number of nitrogens with zero attached hydrogens (tertiary/aromatic N) is 1. The maximum atomic E-state index is 11.7. The number of hydrogen-bond acceptors (Lipinski definition) is 2. The van der Waals surface area contributed by atoms with Crippen LogP contribution < -0.4 is 5.32 Å². The monoisotopic (exact) mass is 205 g/mol. The topological polar surface area (TPSA) is 57.8 Å². The average Bonchev–Trinajstić information content (AvgIpc) is 2.53. The van der Waals surface area contributed by atoms with Crippen molar-refractivity contribution in [3.8, 4) is 12.3 Å². The first-order valence-corrected chi connectivity index (χ1v) is 4.90. The van der Waals surface area contributed by atoms with E-state index in [1.165, 1.54) is 0 Å². The van der Waals surface area contributed by atoms with Crippen molar-refractivity contribution in [2.24, 2.45) is 0 Å². The van der Waals surface area contributed by atoms with Crippen LogP contribution >= 0.6 is 0 Å². The highest BCUT2D eigenvalue weighted by Crippen LogP contribution is 2.08. The summed E-state index contributed by atoms with van der Waals surface area (Å²) >= 11 is 0. The highest BCUT2D eigenvalue weighted by atomic mass is 16.1. The summed E-state index contributed by atoms with van der Waals surface area (Å²) in [6.07, 6.45) is 6.60. The highest BCUT2D eigenvalue weighted by molar-refractivity contribution is 5.96. The molecule has 1 aromatic heterocycles. The summed E-state index contributed by atoms with van der Waals surface area (Å²) in [5.74, 6) is 2.44. The Bertz CT molecular complexity index is 368. The fourth-order valence-corrected chi connectivity index (χ4v) is 1.37. The van der Waals surface area contributed by atoms with E-state index in [0.29, 0.717) is 18.5 Å². The molecule has 1 amide bonds. The molecule has 4 nitrogen and oxygen atoms in total. The Labute approximate surface area is 89.5 Å². The number of terminal acetylenes is 1. The number of aromatic amines is 1. The van der Waals surface area contributed by atoms with Crippen molar-refractivity contribution in [2.45, 2.75) is 26.7 Å². The summed E-state index contributed by atoms with van der Waals surface area (Å²) in [6, 6.07) is 0. The van der Waals surface area contributed by atoms with E-state index in [1.54, 1.807) is 6.92 Å². The van der Waals surface area contributed by atoms with Crippen molar-refractivity contribution in [2.75, 3.05) is 6.54 Å². The number of aromatic nitrogens is 2. The first-order valence-electron chi connectivity index (χ1n) is 4.90. The van der Waals surface area contributed by atoms with Crippen molar-refractivity contribution in [1.82, 2.24) is 15.5 Å². The van der Waals surface area contributed by atoms with Gasteiger partial charge in [0.1, 0.15) is 0 Å². The van der Waals surface area contributed by atoms with Crippen LogP contribution in [0.15, 0.2) is 0 Å². The molecule has 0 bridgehead atoms. The van der Waals surface area contributed by atoms with Gasteiger partial charge in [-0.3, -0.25) is 9.89 Å². The predicted molar refractivity (Wildman–Crippen MR) is 58.5 cm³/mol. The number of hydrogen-bond donors (Lipinski definition) is 2. The van der Waals surface area contributed by atoms with Crippen LogP contribution in [-0.4, -0.2) is 22.6 Å². The van der Waals surface area contributed by atoms with Gasteiger partial charge in [-0.1, -0.05) is 0 Å². The van der Waals surface area contributed by atoms with E-state index in [0.717, 1.165) is 17.8 Å². The fraction of sp³-hybridized carbons (Fsp3) is 0.455. The molecule has 4 heteroatoms. The number of rotatable bonds is 4. The predicted octanol–water partition coefficient (Wildman–Crippen LogP) is 1.17. The van der Waals surface area contributed by atoms with Gasteiger partial charge in [0, 0.05) is 18.7 Å². The molecule has 0 aliphatic heterocycles. The van der Waals surface area contributed by atoms with Gasteiger partial charge < -0.3 is 5.32 Å². The fourth-order valence-electron chi connectivity index (χ4n) is 1.37. The summed E-state index contributed by atoms with van der Waals surface area (Å²) in [7, 11) is 0. The van der Waals surface area contributed by atoms with Crippen molar-refractivity contribution in [3.63, 3.8) is 0 Å². The first-order chi connectivity index (χ1) is 7.16. The Hall–Kier alpha value is -1.76. The molecule has 0 saturated carbocycles. The van der Waals surface area contributed by atoms with Crippen molar-refractivity contribution < 1.29 is 4.79 Å². The molecule has 0 aliphatic carbocycles. The van der Waals surface area contributed by atoms with Crippen LogP contribution in [0.1, 0.15) is 34.6 Å². The first kappa shape index (κ1) is 11.3. The number of aryl methyl sites for hydroxylation is 2. The zero-order valence-electron chi connectivity index (χ0n) is 9.05. The third-order valence-corrected chi connectivity index (χ3v) is 2.14.